The van der Waals surface area contributed by atoms with Crippen LogP contribution in [0.2, 0.25) is 5.02 Å². The largest absolute Gasteiger partial charge is 0.351 e. The molecular formula is C26H22ClFN4S. The van der Waals surface area contributed by atoms with Gasteiger partial charge < -0.3 is 14.8 Å². The van der Waals surface area contributed by atoms with E-state index in [2.05, 4.69) is 39.7 Å². The van der Waals surface area contributed by atoms with E-state index >= 15 is 0 Å². The maximum Gasteiger partial charge on any atom is 0.174 e. The van der Waals surface area contributed by atoms with Crippen LogP contribution in [0.5, 0.6) is 0 Å². The summed E-state index contributed by atoms with van der Waals surface area (Å²) < 4.78 is 15.7. The molecule has 3 heterocycles. The van der Waals surface area contributed by atoms with Gasteiger partial charge in [0.25, 0.3) is 0 Å². The number of anilines is 1. The van der Waals surface area contributed by atoms with Crippen LogP contribution in [0.1, 0.15) is 34.7 Å². The Hall–Kier alpha value is -3.22. The van der Waals surface area contributed by atoms with Gasteiger partial charge in [0.15, 0.2) is 5.11 Å². The van der Waals surface area contributed by atoms with Gasteiger partial charge >= 0.3 is 0 Å². The zero-order valence-corrected chi connectivity index (χ0v) is 19.7. The lowest BCUT2D eigenvalue weighted by Crippen LogP contribution is -2.29. The second-order valence-electron chi connectivity index (χ2n) is 8.11. The van der Waals surface area contributed by atoms with E-state index in [0.717, 1.165) is 34.0 Å². The zero-order valence-electron chi connectivity index (χ0n) is 18.2. The van der Waals surface area contributed by atoms with E-state index < -0.39 is 0 Å². The Kier molecular flexibility index (Phi) is 5.64. The molecule has 0 aliphatic carbocycles. The lowest BCUT2D eigenvalue weighted by atomic mass is 9.96. The first-order valence-corrected chi connectivity index (χ1v) is 11.4. The summed E-state index contributed by atoms with van der Waals surface area (Å²) in [6.07, 6.45) is 1.80. The summed E-state index contributed by atoms with van der Waals surface area (Å²) in [4.78, 5) is 6.75. The highest BCUT2D eigenvalue weighted by atomic mass is 35.5. The molecule has 2 atom stereocenters. The standard InChI is InChI=1S/C26H22ClFN4S/c1-16-15-22(17(2)31(16)20-12-8-19(28)9-13-20)25-24(23-5-3-4-14-29-23)30-26(33)32(25)21-10-6-18(27)7-11-21/h3-15,24-25H,1-2H3,(H,30,33)/t24-,25-/m1/s1. The van der Waals surface area contributed by atoms with Crippen molar-refractivity contribution in [3.8, 4) is 5.69 Å². The van der Waals surface area contributed by atoms with Gasteiger partial charge in [-0.05, 0) is 98.4 Å². The van der Waals surface area contributed by atoms with Crippen LogP contribution in [0.4, 0.5) is 10.1 Å². The fourth-order valence-corrected chi connectivity index (χ4v) is 5.10. The van der Waals surface area contributed by atoms with E-state index in [1.165, 1.54) is 12.1 Å². The smallest absolute Gasteiger partial charge is 0.174 e. The Morgan fingerprint density at radius 2 is 1.67 bits per heavy atom. The number of hydrogen-bond donors (Lipinski definition) is 1. The molecule has 1 aliphatic heterocycles. The van der Waals surface area contributed by atoms with Crippen LogP contribution in [-0.2, 0) is 0 Å². The molecule has 2 aromatic heterocycles. The van der Waals surface area contributed by atoms with Gasteiger partial charge in [0.2, 0.25) is 0 Å². The maximum atomic E-state index is 13.5. The van der Waals surface area contributed by atoms with Gasteiger partial charge in [-0.2, -0.15) is 0 Å². The van der Waals surface area contributed by atoms with Crippen molar-refractivity contribution in [1.82, 2.24) is 14.9 Å². The fourth-order valence-electron chi connectivity index (χ4n) is 4.63. The van der Waals surface area contributed by atoms with Crippen molar-refractivity contribution < 1.29 is 4.39 Å². The van der Waals surface area contributed by atoms with Crippen LogP contribution in [-0.4, -0.2) is 14.7 Å². The van der Waals surface area contributed by atoms with Crippen LogP contribution in [0, 0.1) is 19.7 Å². The summed E-state index contributed by atoms with van der Waals surface area (Å²) in [5.74, 6) is -0.254. The van der Waals surface area contributed by atoms with Crippen molar-refractivity contribution in [1.29, 1.82) is 0 Å². The van der Waals surface area contributed by atoms with Gasteiger partial charge in [0.05, 0.1) is 17.8 Å². The third kappa shape index (κ3) is 3.90. The van der Waals surface area contributed by atoms with E-state index in [0.29, 0.717) is 10.1 Å². The normalized spacial score (nSPS) is 17.9. The topological polar surface area (TPSA) is 33.1 Å². The average Bonchev–Trinajstić information content (AvgIpc) is 3.31. The summed E-state index contributed by atoms with van der Waals surface area (Å²) in [6, 6.07) is 22.0. The number of nitrogens with one attached hydrogen (secondary N) is 1. The lowest BCUT2D eigenvalue weighted by molar-refractivity contribution is 0.565. The Labute approximate surface area is 202 Å². The fraction of sp³-hybridized carbons (Fsp3) is 0.154. The number of thiocarbonyl (C=S) groups is 1. The van der Waals surface area contributed by atoms with Crippen molar-refractivity contribution in [3.63, 3.8) is 0 Å². The molecule has 4 nitrogen and oxygen atoms in total. The second kappa shape index (κ2) is 8.61. The van der Waals surface area contributed by atoms with E-state index in [1.54, 1.807) is 18.3 Å². The average molecular weight is 477 g/mol. The minimum Gasteiger partial charge on any atom is -0.351 e. The van der Waals surface area contributed by atoms with E-state index in [1.807, 2.05) is 42.5 Å². The number of halogens is 2. The molecule has 33 heavy (non-hydrogen) atoms. The Morgan fingerprint density at radius 3 is 2.33 bits per heavy atom. The van der Waals surface area contributed by atoms with Crippen LogP contribution in [0.25, 0.3) is 5.69 Å². The molecule has 0 saturated carbocycles. The Bertz CT molecular complexity index is 1300. The van der Waals surface area contributed by atoms with Gasteiger partial charge in [-0.25, -0.2) is 4.39 Å². The number of benzene rings is 2. The molecule has 166 valence electrons. The molecule has 0 unspecified atom stereocenters. The lowest BCUT2D eigenvalue weighted by Gasteiger charge is -2.28. The first-order valence-electron chi connectivity index (χ1n) is 10.6. The molecule has 4 aromatic rings. The highest BCUT2D eigenvalue weighted by molar-refractivity contribution is 7.80. The summed E-state index contributed by atoms with van der Waals surface area (Å²) in [7, 11) is 0. The molecular weight excluding hydrogens is 455 g/mol. The third-order valence-corrected chi connectivity index (χ3v) is 6.64. The minimum atomic E-state index is -0.254. The molecule has 5 rings (SSSR count). The summed E-state index contributed by atoms with van der Waals surface area (Å²) in [5.41, 5.74) is 6.02. The van der Waals surface area contributed by atoms with Crippen molar-refractivity contribution >= 4 is 34.6 Å². The Morgan fingerprint density at radius 1 is 0.970 bits per heavy atom. The predicted octanol–water partition coefficient (Wildman–Crippen LogP) is 6.46. The van der Waals surface area contributed by atoms with Gasteiger partial charge in [-0.1, -0.05) is 17.7 Å². The quantitative estimate of drug-likeness (QED) is 0.343. The highest BCUT2D eigenvalue weighted by Crippen LogP contribution is 2.43. The monoisotopic (exact) mass is 476 g/mol. The molecule has 0 radical (unpaired) electrons. The van der Waals surface area contributed by atoms with Crippen LogP contribution >= 0.6 is 23.8 Å². The van der Waals surface area contributed by atoms with Crippen molar-refractivity contribution in [3.05, 3.63) is 112 Å². The number of aromatic nitrogens is 2. The third-order valence-electron chi connectivity index (χ3n) is 6.08. The molecule has 2 aromatic carbocycles. The number of nitrogens with zero attached hydrogens (tertiary/aromatic N) is 3. The van der Waals surface area contributed by atoms with Crippen molar-refractivity contribution in [2.75, 3.05) is 4.90 Å². The molecule has 0 amide bonds. The molecule has 1 saturated heterocycles. The second-order valence-corrected chi connectivity index (χ2v) is 8.93. The van der Waals surface area contributed by atoms with E-state index in [-0.39, 0.29) is 17.9 Å². The molecule has 0 spiro atoms. The van der Waals surface area contributed by atoms with Gasteiger partial charge in [0.1, 0.15) is 5.82 Å². The van der Waals surface area contributed by atoms with Crippen molar-refractivity contribution in [2.45, 2.75) is 25.9 Å². The molecule has 1 N–H and O–H groups in total. The SMILES string of the molecule is Cc1cc([C@@H]2[C@@H](c3ccccn3)NC(=S)N2c2ccc(Cl)cc2)c(C)n1-c1ccc(F)cc1. The van der Waals surface area contributed by atoms with E-state index in [4.69, 9.17) is 23.8 Å². The first kappa shape index (κ1) is 21.6. The summed E-state index contributed by atoms with van der Waals surface area (Å²) in [5, 5.41) is 4.79. The summed E-state index contributed by atoms with van der Waals surface area (Å²) in [6.45, 7) is 4.14. The Balaban J connectivity index is 1.67. The number of rotatable bonds is 4. The van der Waals surface area contributed by atoms with Crippen molar-refractivity contribution in [2.24, 2.45) is 0 Å². The van der Waals surface area contributed by atoms with Crippen LogP contribution in [0.3, 0.4) is 0 Å². The van der Waals surface area contributed by atoms with Gasteiger partial charge in [-0.15, -0.1) is 0 Å². The predicted molar refractivity (Wildman–Crippen MR) is 135 cm³/mol. The van der Waals surface area contributed by atoms with Crippen LogP contribution in [0.15, 0.2) is 79.0 Å². The van der Waals surface area contributed by atoms with Gasteiger partial charge in [-0.3, -0.25) is 4.98 Å². The first-order chi connectivity index (χ1) is 15.9. The molecule has 1 fully saturated rings. The van der Waals surface area contributed by atoms with Gasteiger partial charge in [0, 0.05) is 34.0 Å². The summed E-state index contributed by atoms with van der Waals surface area (Å²) >= 11 is 12.0. The number of aryl methyl sites for hydroxylation is 1. The number of hydrogen-bond acceptors (Lipinski definition) is 2. The molecule has 1 aliphatic rings. The highest BCUT2D eigenvalue weighted by Gasteiger charge is 2.42. The molecule has 0 bridgehead atoms. The minimum absolute atomic E-state index is 0.131. The number of pyridine rings is 1. The van der Waals surface area contributed by atoms with Crippen LogP contribution < -0.4 is 10.2 Å². The maximum absolute atomic E-state index is 13.5. The van der Waals surface area contributed by atoms with E-state index in [9.17, 15) is 4.39 Å². The molecule has 7 heteroatoms. The zero-order chi connectivity index (χ0) is 23.1.